The number of nitrogens with one attached hydrogen (secondary N) is 1. The molecule has 3 rings (SSSR count). The fourth-order valence-electron chi connectivity index (χ4n) is 3.35. The van der Waals surface area contributed by atoms with Crippen LogP contribution in [0.3, 0.4) is 0 Å². The minimum absolute atomic E-state index is 0.0515. The van der Waals surface area contributed by atoms with E-state index < -0.39 is 0 Å². The molecule has 1 N–H and O–H groups in total. The summed E-state index contributed by atoms with van der Waals surface area (Å²) in [6, 6.07) is 16.1. The average molecular weight is 386 g/mol. The zero-order valence-electron chi connectivity index (χ0n) is 16.1. The van der Waals surface area contributed by atoms with Crippen molar-refractivity contribution in [3.05, 3.63) is 64.7 Å². The molecule has 0 aliphatic carbocycles. The lowest BCUT2D eigenvalue weighted by atomic mass is 10.0. The van der Waals surface area contributed by atoms with Crippen LogP contribution in [0, 0.1) is 0 Å². The second kappa shape index (κ2) is 9.36. The highest BCUT2D eigenvalue weighted by Gasteiger charge is 2.19. The summed E-state index contributed by atoms with van der Waals surface area (Å²) in [5.74, 6) is 0.550. The van der Waals surface area contributed by atoms with Crippen LogP contribution in [0.2, 0.25) is 5.02 Å². The fourth-order valence-corrected chi connectivity index (χ4v) is 3.57. The predicted octanol–water partition coefficient (Wildman–Crippen LogP) is 4.22. The molecule has 144 valence electrons. The van der Waals surface area contributed by atoms with E-state index in [2.05, 4.69) is 47.2 Å². The summed E-state index contributed by atoms with van der Waals surface area (Å²) >= 11 is 6.06. The van der Waals surface area contributed by atoms with Gasteiger partial charge in [-0.1, -0.05) is 49.7 Å². The minimum Gasteiger partial charge on any atom is -0.325 e. The minimum atomic E-state index is 0.0515. The van der Waals surface area contributed by atoms with Crippen LogP contribution >= 0.6 is 11.6 Å². The van der Waals surface area contributed by atoms with E-state index >= 15 is 0 Å². The Bertz CT molecular complexity index is 752. The van der Waals surface area contributed by atoms with E-state index in [4.69, 9.17) is 11.6 Å². The number of halogens is 1. The Kier molecular flexibility index (Phi) is 6.89. The first-order chi connectivity index (χ1) is 13.0. The van der Waals surface area contributed by atoms with Crippen LogP contribution in [0.1, 0.15) is 30.9 Å². The van der Waals surface area contributed by atoms with Crippen molar-refractivity contribution in [1.29, 1.82) is 0 Å². The number of amides is 1. The van der Waals surface area contributed by atoms with E-state index in [0.717, 1.165) is 43.4 Å². The Morgan fingerprint density at radius 1 is 1.04 bits per heavy atom. The quantitative estimate of drug-likeness (QED) is 0.808. The highest BCUT2D eigenvalue weighted by atomic mass is 35.5. The molecule has 5 heteroatoms. The number of carbonyl (C=O) groups excluding carboxylic acids is 1. The lowest BCUT2D eigenvalue weighted by Crippen LogP contribution is -2.48. The van der Waals surface area contributed by atoms with Crippen LogP contribution in [0.15, 0.2) is 48.5 Å². The molecule has 0 spiro atoms. The summed E-state index contributed by atoms with van der Waals surface area (Å²) < 4.78 is 0. The van der Waals surface area contributed by atoms with E-state index in [1.165, 1.54) is 11.1 Å². The number of hydrogen-bond acceptors (Lipinski definition) is 3. The van der Waals surface area contributed by atoms with Crippen LogP contribution in [0.25, 0.3) is 0 Å². The van der Waals surface area contributed by atoms with Crippen molar-refractivity contribution in [3.63, 3.8) is 0 Å². The summed E-state index contributed by atoms with van der Waals surface area (Å²) in [5.41, 5.74) is 3.38. The molecular weight excluding hydrogens is 358 g/mol. The zero-order valence-corrected chi connectivity index (χ0v) is 16.9. The second-order valence-corrected chi connectivity index (χ2v) is 7.94. The largest absolute Gasteiger partial charge is 0.325 e. The van der Waals surface area contributed by atoms with Crippen molar-refractivity contribution in [1.82, 2.24) is 9.80 Å². The highest BCUT2D eigenvalue weighted by Crippen LogP contribution is 2.17. The SMILES string of the molecule is CC(C)c1ccc(NC(=O)CN2CCN(Cc3cccc(Cl)c3)CC2)cc1. The lowest BCUT2D eigenvalue weighted by molar-refractivity contribution is -0.117. The first kappa shape index (κ1) is 19.9. The summed E-state index contributed by atoms with van der Waals surface area (Å²) in [6.07, 6.45) is 0. The van der Waals surface area contributed by atoms with Gasteiger partial charge in [0.1, 0.15) is 0 Å². The van der Waals surface area contributed by atoms with E-state index in [0.29, 0.717) is 12.5 Å². The van der Waals surface area contributed by atoms with Crippen LogP contribution < -0.4 is 5.32 Å². The van der Waals surface area contributed by atoms with E-state index in [1.54, 1.807) is 0 Å². The van der Waals surface area contributed by atoms with Gasteiger partial charge in [0, 0.05) is 43.4 Å². The molecule has 0 bridgehead atoms. The first-order valence-corrected chi connectivity index (χ1v) is 9.96. The van der Waals surface area contributed by atoms with Gasteiger partial charge in [-0.3, -0.25) is 14.6 Å². The van der Waals surface area contributed by atoms with Crippen molar-refractivity contribution < 1.29 is 4.79 Å². The molecule has 1 saturated heterocycles. The van der Waals surface area contributed by atoms with Crippen LogP contribution in [-0.2, 0) is 11.3 Å². The standard InChI is InChI=1S/C22H28ClN3O/c1-17(2)19-6-8-21(9-7-19)24-22(27)16-26-12-10-25(11-13-26)15-18-4-3-5-20(23)14-18/h3-9,14,17H,10-13,15-16H2,1-2H3,(H,24,27). The number of piperazine rings is 1. The third-order valence-electron chi connectivity index (χ3n) is 4.99. The number of rotatable bonds is 6. The van der Waals surface area contributed by atoms with Gasteiger partial charge in [-0.05, 0) is 41.3 Å². The van der Waals surface area contributed by atoms with Crippen molar-refractivity contribution in [2.75, 3.05) is 38.0 Å². The molecule has 4 nitrogen and oxygen atoms in total. The van der Waals surface area contributed by atoms with E-state index in [9.17, 15) is 4.79 Å². The molecule has 0 radical (unpaired) electrons. The molecule has 1 heterocycles. The number of carbonyl (C=O) groups is 1. The van der Waals surface area contributed by atoms with Gasteiger partial charge in [-0.15, -0.1) is 0 Å². The maximum atomic E-state index is 12.3. The van der Waals surface area contributed by atoms with Gasteiger partial charge in [0.05, 0.1) is 6.54 Å². The Morgan fingerprint density at radius 3 is 2.33 bits per heavy atom. The molecule has 27 heavy (non-hydrogen) atoms. The van der Waals surface area contributed by atoms with E-state index in [-0.39, 0.29) is 5.91 Å². The highest BCUT2D eigenvalue weighted by molar-refractivity contribution is 6.30. The molecule has 2 aromatic carbocycles. The van der Waals surface area contributed by atoms with Crippen LogP contribution in [0.4, 0.5) is 5.69 Å². The van der Waals surface area contributed by atoms with Crippen molar-refractivity contribution in [2.24, 2.45) is 0 Å². The molecule has 0 atom stereocenters. The summed E-state index contributed by atoms with van der Waals surface area (Å²) in [4.78, 5) is 17.0. The van der Waals surface area contributed by atoms with Gasteiger partial charge in [0.15, 0.2) is 0 Å². The summed E-state index contributed by atoms with van der Waals surface area (Å²) in [6.45, 7) is 9.41. The molecule has 1 aliphatic rings. The fraction of sp³-hybridized carbons (Fsp3) is 0.409. The Labute approximate surface area is 167 Å². The van der Waals surface area contributed by atoms with Gasteiger partial charge in [-0.2, -0.15) is 0 Å². The molecular formula is C22H28ClN3O. The molecule has 2 aromatic rings. The van der Waals surface area contributed by atoms with Gasteiger partial charge in [0.2, 0.25) is 5.91 Å². The average Bonchev–Trinajstić information content (AvgIpc) is 2.64. The Hall–Kier alpha value is -1.88. The second-order valence-electron chi connectivity index (χ2n) is 7.51. The topological polar surface area (TPSA) is 35.6 Å². The van der Waals surface area contributed by atoms with Crippen molar-refractivity contribution >= 4 is 23.2 Å². The lowest BCUT2D eigenvalue weighted by Gasteiger charge is -2.34. The molecule has 1 fully saturated rings. The maximum Gasteiger partial charge on any atom is 0.238 e. The predicted molar refractivity (Wildman–Crippen MR) is 112 cm³/mol. The Balaban J connectivity index is 1.42. The monoisotopic (exact) mass is 385 g/mol. The summed E-state index contributed by atoms with van der Waals surface area (Å²) in [7, 11) is 0. The molecule has 0 aromatic heterocycles. The molecule has 0 unspecified atom stereocenters. The van der Waals surface area contributed by atoms with Gasteiger partial charge in [-0.25, -0.2) is 0 Å². The maximum absolute atomic E-state index is 12.3. The van der Waals surface area contributed by atoms with Crippen LogP contribution in [0.5, 0.6) is 0 Å². The smallest absolute Gasteiger partial charge is 0.238 e. The summed E-state index contributed by atoms with van der Waals surface area (Å²) in [5, 5.41) is 3.79. The molecule has 1 aliphatic heterocycles. The Morgan fingerprint density at radius 2 is 1.70 bits per heavy atom. The normalized spacial score (nSPS) is 15.9. The number of anilines is 1. The molecule has 0 saturated carbocycles. The third kappa shape index (κ3) is 6.06. The van der Waals surface area contributed by atoms with E-state index in [1.807, 2.05) is 30.3 Å². The van der Waals surface area contributed by atoms with Crippen LogP contribution in [-0.4, -0.2) is 48.4 Å². The molecule has 1 amide bonds. The van der Waals surface area contributed by atoms with Crippen molar-refractivity contribution in [3.8, 4) is 0 Å². The van der Waals surface area contributed by atoms with Gasteiger partial charge < -0.3 is 5.32 Å². The zero-order chi connectivity index (χ0) is 19.2. The number of benzene rings is 2. The number of hydrogen-bond donors (Lipinski definition) is 1. The third-order valence-corrected chi connectivity index (χ3v) is 5.22. The van der Waals surface area contributed by atoms with Gasteiger partial charge >= 0.3 is 0 Å². The van der Waals surface area contributed by atoms with Gasteiger partial charge in [0.25, 0.3) is 0 Å². The first-order valence-electron chi connectivity index (χ1n) is 9.58. The van der Waals surface area contributed by atoms with Crippen molar-refractivity contribution in [2.45, 2.75) is 26.3 Å². The number of nitrogens with zero attached hydrogens (tertiary/aromatic N) is 2.